The topological polar surface area (TPSA) is 59.0 Å². The molecule has 0 radical (unpaired) electrons. The lowest BCUT2D eigenvalue weighted by atomic mass is 10.0. The molecule has 0 saturated heterocycles. The van der Waals surface area contributed by atoms with Gasteiger partial charge in [-0.3, -0.25) is 0 Å². The Morgan fingerprint density at radius 2 is 1.92 bits per heavy atom. The number of aromatic nitrogens is 1. The van der Waals surface area contributed by atoms with Crippen LogP contribution in [0.4, 0.5) is 0 Å². The monoisotopic (exact) mass is 316 g/mol. The molecule has 0 amide bonds. The van der Waals surface area contributed by atoms with Gasteiger partial charge in [0.1, 0.15) is 23.9 Å². The Morgan fingerprint density at radius 3 is 2.67 bits per heavy atom. The van der Waals surface area contributed by atoms with E-state index in [0.29, 0.717) is 18.1 Å². The fourth-order valence-electron chi connectivity index (χ4n) is 3.20. The van der Waals surface area contributed by atoms with Crippen molar-refractivity contribution in [1.82, 2.24) is 4.98 Å². The van der Waals surface area contributed by atoms with E-state index in [1.54, 1.807) is 6.26 Å². The summed E-state index contributed by atoms with van der Waals surface area (Å²) in [6.45, 7) is 0.388. The van der Waals surface area contributed by atoms with Crippen molar-refractivity contribution in [3.8, 4) is 23.4 Å². The number of fused-ring (bicyclic) bond motifs is 1. The second-order valence-electron chi connectivity index (χ2n) is 5.81. The first kappa shape index (κ1) is 14.5. The van der Waals surface area contributed by atoms with Crippen molar-refractivity contribution in [1.29, 1.82) is 5.26 Å². The molecule has 1 aliphatic rings. The smallest absolute Gasteiger partial charge is 0.233 e. The molecule has 0 spiro atoms. The van der Waals surface area contributed by atoms with Gasteiger partial charge >= 0.3 is 0 Å². The van der Waals surface area contributed by atoms with Crippen molar-refractivity contribution in [2.45, 2.75) is 25.9 Å². The van der Waals surface area contributed by atoms with E-state index in [2.05, 4.69) is 11.1 Å². The van der Waals surface area contributed by atoms with Crippen molar-refractivity contribution in [3.63, 3.8) is 0 Å². The zero-order chi connectivity index (χ0) is 16.4. The summed E-state index contributed by atoms with van der Waals surface area (Å²) in [5, 5.41) is 9.61. The number of hydrogen-bond donors (Lipinski definition) is 0. The Hall–Kier alpha value is -3.06. The Labute approximate surface area is 140 Å². The summed E-state index contributed by atoms with van der Waals surface area (Å²) >= 11 is 0. The van der Waals surface area contributed by atoms with Crippen LogP contribution in [0.15, 0.2) is 53.1 Å². The van der Waals surface area contributed by atoms with Gasteiger partial charge in [0.05, 0.1) is 6.26 Å². The van der Waals surface area contributed by atoms with Crippen LogP contribution in [0.5, 0.6) is 5.88 Å². The first-order valence-corrected chi connectivity index (χ1v) is 8.03. The Balaban J connectivity index is 1.76. The maximum absolute atomic E-state index is 9.61. The number of benzene rings is 1. The van der Waals surface area contributed by atoms with Crippen LogP contribution >= 0.6 is 0 Å². The van der Waals surface area contributed by atoms with Crippen LogP contribution in [0, 0.1) is 11.3 Å². The summed E-state index contributed by atoms with van der Waals surface area (Å²) in [4.78, 5) is 4.63. The highest BCUT2D eigenvalue weighted by Crippen LogP contribution is 2.37. The summed E-state index contributed by atoms with van der Waals surface area (Å²) < 4.78 is 11.4. The third kappa shape index (κ3) is 2.55. The lowest BCUT2D eigenvalue weighted by molar-refractivity contribution is 0.292. The van der Waals surface area contributed by atoms with Crippen molar-refractivity contribution in [2.75, 3.05) is 0 Å². The first-order valence-electron chi connectivity index (χ1n) is 8.03. The Bertz CT molecular complexity index is 894. The molecule has 0 unspecified atom stereocenters. The number of ether oxygens (including phenoxy) is 1. The summed E-state index contributed by atoms with van der Waals surface area (Å²) in [6.07, 6.45) is 4.48. The minimum atomic E-state index is 0.388. The fraction of sp³-hybridized carbons (Fsp3) is 0.200. The zero-order valence-electron chi connectivity index (χ0n) is 13.2. The summed E-state index contributed by atoms with van der Waals surface area (Å²) in [6, 6.07) is 15.9. The molecule has 4 heteroatoms. The van der Waals surface area contributed by atoms with Gasteiger partial charge in [0.2, 0.25) is 5.88 Å². The molecule has 1 aromatic carbocycles. The molecular formula is C20H16N2O2. The molecule has 2 aromatic heterocycles. The number of pyridine rings is 1. The van der Waals surface area contributed by atoms with Gasteiger partial charge < -0.3 is 9.15 Å². The normalized spacial score (nSPS) is 12.6. The largest absolute Gasteiger partial charge is 0.472 e. The Kier molecular flexibility index (Phi) is 3.76. The minimum absolute atomic E-state index is 0.388. The van der Waals surface area contributed by atoms with E-state index >= 15 is 0 Å². The number of furan rings is 1. The molecule has 2 heterocycles. The second-order valence-corrected chi connectivity index (χ2v) is 5.81. The van der Waals surface area contributed by atoms with Gasteiger partial charge in [-0.15, -0.1) is 0 Å². The number of hydrogen-bond acceptors (Lipinski definition) is 4. The van der Waals surface area contributed by atoms with Crippen molar-refractivity contribution < 1.29 is 9.15 Å². The van der Waals surface area contributed by atoms with E-state index in [1.807, 2.05) is 42.5 Å². The highest BCUT2D eigenvalue weighted by molar-refractivity contribution is 5.66. The molecule has 118 valence electrons. The van der Waals surface area contributed by atoms with Gasteiger partial charge in [0.15, 0.2) is 5.76 Å². The van der Waals surface area contributed by atoms with E-state index in [4.69, 9.17) is 9.15 Å². The van der Waals surface area contributed by atoms with Crippen LogP contribution in [0.25, 0.3) is 11.5 Å². The molecule has 0 fully saturated rings. The van der Waals surface area contributed by atoms with Gasteiger partial charge in [-0.2, -0.15) is 5.26 Å². The van der Waals surface area contributed by atoms with E-state index < -0.39 is 0 Å². The predicted molar refractivity (Wildman–Crippen MR) is 89.5 cm³/mol. The van der Waals surface area contributed by atoms with Crippen molar-refractivity contribution in [3.05, 3.63) is 71.0 Å². The molecule has 4 rings (SSSR count). The van der Waals surface area contributed by atoms with Crippen LogP contribution in [0.2, 0.25) is 0 Å². The first-order chi connectivity index (χ1) is 11.9. The minimum Gasteiger partial charge on any atom is -0.472 e. The van der Waals surface area contributed by atoms with Gasteiger partial charge in [0.25, 0.3) is 0 Å². The van der Waals surface area contributed by atoms with E-state index in [-0.39, 0.29) is 0 Å². The Morgan fingerprint density at radius 1 is 1.08 bits per heavy atom. The van der Waals surface area contributed by atoms with Crippen LogP contribution in [0.3, 0.4) is 0 Å². The molecule has 0 N–H and O–H groups in total. The van der Waals surface area contributed by atoms with Gasteiger partial charge in [-0.25, -0.2) is 4.98 Å². The highest BCUT2D eigenvalue weighted by Gasteiger charge is 2.26. The van der Waals surface area contributed by atoms with Crippen molar-refractivity contribution >= 4 is 0 Å². The summed E-state index contributed by atoms with van der Waals surface area (Å²) in [5.41, 5.74) is 4.59. The number of nitrogens with zero attached hydrogens (tertiary/aromatic N) is 2. The van der Waals surface area contributed by atoms with E-state index in [1.165, 1.54) is 0 Å². The highest BCUT2D eigenvalue weighted by atomic mass is 16.5. The van der Waals surface area contributed by atoms with Crippen molar-refractivity contribution in [2.24, 2.45) is 0 Å². The van der Waals surface area contributed by atoms with Gasteiger partial charge in [-0.05, 0) is 48.1 Å². The zero-order valence-corrected chi connectivity index (χ0v) is 13.2. The molecule has 0 atom stereocenters. The van der Waals surface area contributed by atoms with E-state index in [0.717, 1.165) is 47.4 Å². The number of rotatable bonds is 4. The molecule has 1 aliphatic carbocycles. The average molecular weight is 316 g/mol. The average Bonchev–Trinajstić information content (AvgIpc) is 3.31. The van der Waals surface area contributed by atoms with Crippen LogP contribution < -0.4 is 4.74 Å². The molecule has 4 nitrogen and oxygen atoms in total. The lowest BCUT2D eigenvalue weighted by Crippen LogP contribution is -2.04. The van der Waals surface area contributed by atoms with Gasteiger partial charge in [0, 0.05) is 0 Å². The molecule has 3 aromatic rings. The molecule has 24 heavy (non-hydrogen) atoms. The standard InChI is InChI=1S/C20H16N2O2/c21-12-17-15-8-4-9-16(15)19(18-10-5-11-23-18)22-20(17)24-13-14-6-2-1-3-7-14/h1-3,5-7,10-11H,4,8-9,13H2. The van der Waals surface area contributed by atoms with E-state index in [9.17, 15) is 5.26 Å². The SMILES string of the molecule is N#Cc1c(OCc2ccccc2)nc(-c2ccco2)c2c1CCC2. The van der Waals surface area contributed by atoms with Crippen LogP contribution in [0.1, 0.15) is 28.7 Å². The number of nitriles is 1. The van der Waals surface area contributed by atoms with Crippen LogP contribution in [-0.4, -0.2) is 4.98 Å². The predicted octanol–water partition coefficient (Wildman–Crippen LogP) is 4.28. The molecular weight excluding hydrogens is 300 g/mol. The fourth-order valence-corrected chi connectivity index (χ4v) is 3.20. The summed E-state index contributed by atoms with van der Waals surface area (Å²) in [5.74, 6) is 1.12. The molecule has 0 saturated carbocycles. The quantitative estimate of drug-likeness (QED) is 0.721. The maximum Gasteiger partial charge on any atom is 0.233 e. The molecule has 0 bridgehead atoms. The summed E-state index contributed by atoms with van der Waals surface area (Å²) in [7, 11) is 0. The van der Waals surface area contributed by atoms with Gasteiger partial charge in [-0.1, -0.05) is 30.3 Å². The lowest BCUT2D eigenvalue weighted by Gasteiger charge is -2.13. The maximum atomic E-state index is 9.61. The second kappa shape index (κ2) is 6.21. The third-order valence-corrected chi connectivity index (χ3v) is 4.32. The van der Waals surface area contributed by atoms with Crippen LogP contribution in [-0.2, 0) is 19.4 Å². The molecule has 0 aliphatic heterocycles. The third-order valence-electron chi connectivity index (χ3n) is 4.32.